The Bertz CT molecular complexity index is 807. The van der Waals surface area contributed by atoms with Crippen molar-refractivity contribution in [2.45, 2.75) is 4.90 Å². The van der Waals surface area contributed by atoms with Gasteiger partial charge in [0.05, 0.1) is 6.20 Å². The molecular weight excluding hydrogens is 303 g/mol. The lowest BCUT2D eigenvalue weighted by Gasteiger charge is -2.09. The first-order valence-electron chi connectivity index (χ1n) is 5.49. The Balaban J connectivity index is 2.37. The highest BCUT2D eigenvalue weighted by Gasteiger charge is 2.17. The third-order valence-corrected chi connectivity index (χ3v) is 3.82. The number of halogens is 1. The highest BCUT2D eigenvalue weighted by molar-refractivity contribution is 7.92. The molecule has 110 valence electrons. The molecule has 9 heteroatoms. The summed E-state index contributed by atoms with van der Waals surface area (Å²) in [5.41, 5.74) is -0.554. The van der Waals surface area contributed by atoms with Gasteiger partial charge in [-0.15, -0.1) is 0 Å². The number of aromatic hydroxyl groups is 1. The van der Waals surface area contributed by atoms with E-state index in [0.29, 0.717) is 0 Å². The zero-order valence-corrected chi connectivity index (χ0v) is 11.1. The molecule has 21 heavy (non-hydrogen) atoms. The van der Waals surface area contributed by atoms with Crippen molar-refractivity contribution in [1.82, 2.24) is 4.98 Å². The first-order chi connectivity index (χ1) is 9.79. The Morgan fingerprint density at radius 2 is 1.95 bits per heavy atom. The van der Waals surface area contributed by atoms with Gasteiger partial charge in [0.15, 0.2) is 0 Å². The molecular formula is C12H9FN2O5S. The minimum absolute atomic E-state index is 0.0885. The van der Waals surface area contributed by atoms with Crippen molar-refractivity contribution in [2.75, 3.05) is 4.72 Å². The van der Waals surface area contributed by atoms with Gasteiger partial charge in [0.25, 0.3) is 10.0 Å². The number of hydrogen-bond donors (Lipinski definition) is 3. The minimum atomic E-state index is -4.12. The van der Waals surface area contributed by atoms with Crippen LogP contribution in [-0.4, -0.2) is 29.6 Å². The quantitative estimate of drug-likeness (QED) is 0.735. The van der Waals surface area contributed by atoms with Crippen LogP contribution in [0, 0.1) is 5.82 Å². The number of phenols is 1. The number of aromatic carboxylic acids is 1. The van der Waals surface area contributed by atoms with Crippen LogP contribution in [0.1, 0.15) is 10.4 Å². The monoisotopic (exact) mass is 312 g/mol. The molecule has 0 radical (unpaired) electrons. The summed E-state index contributed by atoms with van der Waals surface area (Å²) < 4.78 is 39.1. The fourth-order valence-corrected chi connectivity index (χ4v) is 2.55. The van der Waals surface area contributed by atoms with E-state index in [0.717, 1.165) is 30.6 Å². The molecule has 0 fully saturated rings. The molecule has 7 nitrogen and oxygen atoms in total. The number of carboxylic acids is 1. The summed E-state index contributed by atoms with van der Waals surface area (Å²) >= 11 is 0. The highest BCUT2D eigenvalue weighted by Crippen LogP contribution is 2.23. The molecule has 0 amide bonds. The fraction of sp³-hybridized carbons (Fsp3) is 0. The van der Waals surface area contributed by atoms with Crippen LogP contribution < -0.4 is 4.72 Å². The van der Waals surface area contributed by atoms with Gasteiger partial charge >= 0.3 is 5.97 Å². The average molecular weight is 312 g/mol. The Hall–Kier alpha value is -2.68. The average Bonchev–Trinajstić information content (AvgIpc) is 2.40. The lowest BCUT2D eigenvalue weighted by atomic mass is 10.2. The van der Waals surface area contributed by atoms with Crippen molar-refractivity contribution in [2.24, 2.45) is 0 Å². The van der Waals surface area contributed by atoms with Gasteiger partial charge < -0.3 is 10.2 Å². The number of sulfonamides is 1. The fourth-order valence-electron chi connectivity index (χ4n) is 1.52. The van der Waals surface area contributed by atoms with Crippen LogP contribution in [0.5, 0.6) is 5.75 Å². The van der Waals surface area contributed by atoms with E-state index < -0.39 is 38.0 Å². The highest BCUT2D eigenvalue weighted by atomic mass is 32.2. The van der Waals surface area contributed by atoms with Crippen LogP contribution in [0.2, 0.25) is 0 Å². The lowest BCUT2D eigenvalue weighted by Crippen LogP contribution is -2.14. The Morgan fingerprint density at radius 3 is 2.57 bits per heavy atom. The zero-order chi connectivity index (χ0) is 15.6. The number of nitrogens with zero attached hydrogens (tertiary/aromatic N) is 1. The number of carboxylic acid groups (broad SMARTS) is 1. The molecule has 0 unspecified atom stereocenters. The number of anilines is 1. The van der Waals surface area contributed by atoms with Crippen LogP contribution >= 0.6 is 0 Å². The Morgan fingerprint density at radius 1 is 1.24 bits per heavy atom. The van der Waals surface area contributed by atoms with Crippen LogP contribution in [0.15, 0.2) is 41.6 Å². The van der Waals surface area contributed by atoms with Crippen molar-refractivity contribution < 1.29 is 27.8 Å². The van der Waals surface area contributed by atoms with E-state index in [4.69, 9.17) is 5.11 Å². The smallest absolute Gasteiger partial charge is 0.339 e. The van der Waals surface area contributed by atoms with Crippen molar-refractivity contribution >= 4 is 21.7 Å². The Kier molecular flexibility index (Phi) is 3.76. The largest absolute Gasteiger partial charge is 0.507 e. The topological polar surface area (TPSA) is 117 Å². The zero-order valence-electron chi connectivity index (χ0n) is 10.3. The molecule has 0 bridgehead atoms. The van der Waals surface area contributed by atoms with Gasteiger partial charge in [0.2, 0.25) is 0 Å². The molecule has 0 saturated carbocycles. The maximum absolute atomic E-state index is 13.0. The predicted molar refractivity (Wildman–Crippen MR) is 70.1 cm³/mol. The first-order valence-corrected chi connectivity index (χ1v) is 6.97. The first kappa shape index (κ1) is 14.7. The van der Waals surface area contributed by atoms with Gasteiger partial charge in [-0.05, 0) is 24.3 Å². The number of nitrogens with one attached hydrogen (secondary N) is 1. The molecule has 1 heterocycles. The minimum Gasteiger partial charge on any atom is -0.507 e. The van der Waals surface area contributed by atoms with E-state index in [1.165, 1.54) is 6.07 Å². The van der Waals surface area contributed by atoms with Gasteiger partial charge in [-0.25, -0.2) is 17.6 Å². The summed E-state index contributed by atoms with van der Waals surface area (Å²) in [5.74, 6) is -2.74. The summed E-state index contributed by atoms with van der Waals surface area (Å²) in [6.07, 6.45) is 1.80. The van der Waals surface area contributed by atoms with Crippen molar-refractivity contribution in [3.8, 4) is 5.75 Å². The second-order valence-corrected chi connectivity index (χ2v) is 5.66. The number of aromatic nitrogens is 1. The lowest BCUT2D eigenvalue weighted by molar-refractivity contribution is 0.0693. The summed E-state index contributed by atoms with van der Waals surface area (Å²) in [6, 6.07) is 3.92. The summed E-state index contributed by atoms with van der Waals surface area (Å²) in [7, 11) is -4.12. The van der Waals surface area contributed by atoms with Crippen LogP contribution in [-0.2, 0) is 10.0 Å². The normalized spacial score (nSPS) is 11.1. The molecule has 1 aromatic heterocycles. The van der Waals surface area contributed by atoms with Crippen LogP contribution in [0.3, 0.4) is 0 Å². The molecule has 2 rings (SSSR count). The summed E-state index contributed by atoms with van der Waals surface area (Å²) in [4.78, 5) is 13.9. The van der Waals surface area contributed by atoms with E-state index in [2.05, 4.69) is 9.71 Å². The molecule has 0 atom stereocenters. The van der Waals surface area contributed by atoms with Crippen LogP contribution in [0.4, 0.5) is 10.1 Å². The predicted octanol–water partition coefficient (Wildman–Crippen LogP) is 1.43. The van der Waals surface area contributed by atoms with E-state index in [-0.39, 0.29) is 5.69 Å². The number of pyridine rings is 1. The molecule has 0 spiro atoms. The number of benzene rings is 1. The number of hydrogen-bond acceptors (Lipinski definition) is 5. The van der Waals surface area contributed by atoms with Gasteiger partial charge in [-0.1, -0.05) is 0 Å². The van der Waals surface area contributed by atoms with Gasteiger partial charge in [0.1, 0.15) is 22.0 Å². The molecule has 1 aromatic carbocycles. The SMILES string of the molecule is O=C(O)c1cc(NS(=O)(=O)c2cncc(F)c2)ccc1O. The Labute approximate surface area is 118 Å². The second kappa shape index (κ2) is 5.37. The third kappa shape index (κ3) is 3.26. The standard InChI is InChI=1S/C12H9FN2O5S/c13-7-3-9(6-14-5-7)21(19,20)15-8-1-2-11(16)10(4-8)12(17)18/h1-6,15-16H,(H,17,18). The molecule has 0 aliphatic heterocycles. The van der Waals surface area contributed by atoms with Gasteiger partial charge in [-0.2, -0.15) is 0 Å². The molecule has 0 aliphatic carbocycles. The number of carbonyl (C=O) groups is 1. The third-order valence-electron chi connectivity index (χ3n) is 2.47. The summed E-state index contributed by atoms with van der Waals surface area (Å²) in [6.45, 7) is 0. The molecule has 0 aliphatic rings. The number of rotatable bonds is 4. The van der Waals surface area contributed by atoms with Crippen molar-refractivity contribution in [3.63, 3.8) is 0 Å². The van der Waals surface area contributed by atoms with Crippen LogP contribution in [0.25, 0.3) is 0 Å². The second-order valence-electron chi connectivity index (χ2n) is 3.98. The van der Waals surface area contributed by atoms with Gasteiger partial charge in [0, 0.05) is 11.9 Å². The molecule has 2 aromatic rings. The molecule has 3 N–H and O–H groups in total. The van der Waals surface area contributed by atoms with E-state index in [1.54, 1.807) is 0 Å². The van der Waals surface area contributed by atoms with E-state index in [1.807, 2.05) is 0 Å². The molecule has 0 saturated heterocycles. The van der Waals surface area contributed by atoms with Crippen molar-refractivity contribution in [3.05, 3.63) is 48.0 Å². The maximum Gasteiger partial charge on any atom is 0.339 e. The van der Waals surface area contributed by atoms with Crippen molar-refractivity contribution in [1.29, 1.82) is 0 Å². The van der Waals surface area contributed by atoms with E-state index >= 15 is 0 Å². The van der Waals surface area contributed by atoms with Gasteiger partial charge in [-0.3, -0.25) is 9.71 Å². The maximum atomic E-state index is 13.0. The van der Waals surface area contributed by atoms with E-state index in [9.17, 15) is 22.7 Å². The summed E-state index contributed by atoms with van der Waals surface area (Å²) in [5, 5.41) is 18.2.